The summed E-state index contributed by atoms with van der Waals surface area (Å²) in [6.07, 6.45) is 4.16. The van der Waals surface area contributed by atoms with Crippen LogP contribution in [0.5, 0.6) is 0 Å². The number of pyridine rings is 1. The molecule has 1 heterocycles. The van der Waals surface area contributed by atoms with Crippen molar-refractivity contribution < 1.29 is 22.7 Å². The number of aromatic nitrogens is 1. The Hall–Kier alpha value is -2.78. The maximum atomic E-state index is 12.3. The first-order chi connectivity index (χ1) is 12.8. The number of sulfonamides is 1. The molecule has 0 saturated heterocycles. The van der Waals surface area contributed by atoms with Crippen LogP contribution < -0.4 is 5.32 Å². The van der Waals surface area contributed by atoms with Gasteiger partial charge in [0.05, 0.1) is 25.0 Å². The minimum Gasteiger partial charge on any atom is -0.462 e. The van der Waals surface area contributed by atoms with Gasteiger partial charge >= 0.3 is 5.97 Å². The smallest absolute Gasteiger partial charge is 0.338 e. The number of ether oxygens (including phenoxy) is 1. The Morgan fingerprint density at radius 3 is 2.30 bits per heavy atom. The number of carbonyl (C=O) groups is 2. The van der Waals surface area contributed by atoms with Crippen molar-refractivity contribution in [3.05, 3.63) is 59.9 Å². The normalized spacial score (nSPS) is 11.2. The maximum absolute atomic E-state index is 12.3. The summed E-state index contributed by atoms with van der Waals surface area (Å²) in [4.78, 5) is 27.8. The van der Waals surface area contributed by atoms with E-state index >= 15 is 0 Å². The van der Waals surface area contributed by atoms with Crippen molar-refractivity contribution in [3.8, 4) is 0 Å². The second-order valence-corrected chi connectivity index (χ2v) is 7.71. The van der Waals surface area contributed by atoms with Crippen molar-refractivity contribution in [1.82, 2.24) is 9.29 Å². The van der Waals surface area contributed by atoms with Crippen LogP contribution in [-0.2, 0) is 26.1 Å². The van der Waals surface area contributed by atoms with E-state index in [1.54, 1.807) is 43.6 Å². The molecule has 1 aromatic carbocycles. The molecule has 0 atom stereocenters. The zero-order valence-electron chi connectivity index (χ0n) is 15.1. The van der Waals surface area contributed by atoms with Crippen molar-refractivity contribution in [2.45, 2.75) is 13.5 Å². The van der Waals surface area contributed by atoms with E-state index in [1.807, 2.05) is 0 Å². The van der Waals surface area contributed by atoms with Crippen molar-refractivity contribution in [2.24, 2.45) is 0 Å². The fourth-order valence-corrected chi connectivity index (χ4v) is 2.98. The minimum absolute atomic E-state index is 0.0660. The second-order valence-electron chi connectivity index (χ2n) is 5.73. The topological polar surface area (TPSA) is 106 Å². The average Bonchev–Trinajstić information content (AvgIpc) is 2.62. The zero-order valence-corrected chi connectivity index (χ0v) is 15.9. The third-order valence-electron chi connectivity index (χ3n) is 3.58. The summed E-state index contributed by atoms with van der Waals surface area (Å²) in [5.74, 6) is -0.936. The number of hydrogen-bond donors (Lipinski definition) is 1. The third kappa shape index (κ3) is 6.46. The predicted molar refractivity (Wildman–Crippen MR) is 101 cm³/mol. The minimum atomic E-state index is -3.58. The zero-order chi connectivity index (χ0) is 19.9. The summed E-state index contributed by atoms with van der Waals surface area (Å²) < 4.78 is 29.9. The summed E-state index contributed by atoms with van der Waals surface area (Å²) in [5, 5.41) is 2.62. The monoisotopic (exact) mass is 391 g/mol. The number of rotatable bonds is 8. The Kier molecular flexibility index (Phi) is 7.03. The molecular formula is C18H21N3O5S. The molecule has 2 aromatic rings. The molecule has 0 unspecified atom stereocenters. The Labute approximate surface area is 158 Å². The molecule has 1 N–H and O–H groups in total. The standard InChI is InChI=1S/C18H21N3O5S/c1-3-26-18(23)15-4-6-16(7-5-15)20-17(22)13-21(27(2,24)25)12-14-8-10-19-11-9-14/h4-11H,3,12-13H2,1-2H3,(H,20,22). The molecular weight excluding hydrogens is 370 g/mol. The van der Waals surface area contributed by atoms with Crippen LogP contribution >= 0.6 is 0 Å². The van der Waals surface area contributed by atoms with Gasteiger partial charge in [-0.2, -0.15) is 4.31 Å². The van der Waals surface area contributed by atoms with Crippen molar-refractivity contribution >= 4 is 27.6 Å². The highest BCUT2D eigenvalue weighted by molar-refractivity contribution is 7.88. The Morgan fingerprint density at radius 2 is 1.74 bits per heavy atom. The third-order valence-corrected chi connectivity index (χ3v) is 4.77. The van der Waals surface area contributed by atoms with E-state index in [0.29, 0.717) is 11.3 Å². The highest BCUT2D eigenvalue weighted by Crippen LogP contribution is 2.12. The summed E-state index contributed by atoms with van der Waals surface area (Å²) in [5.41, 5.74) is 1.54. The lowest BCUT2D eigenvalue weighted by molar-refractivity contribution is -0.116. The van der Waals surface area contributed by atoms with Gasteiger partial charge in [-0.15, -0.1) is 0 Å². The van der Waals surface area contributed by atoms with E-state index in [-0.39, 0.29) is 19.7 Å². The van der Waals surface area contributed by atoms with Crippen LogP contribution in [-0.4, -0.2) is 49.0 Å². The van der Waals surface area contributed by atoms with Crippen LogP contribution in [0.4, 0.5) is 5.69 Å². The molecule has 8 nitrogen and oxygen atoms in total. The van der Waals surface area contributed by atoms with E-state index in [4.69, 9.17) is 4.74 Å². The van der Waals surface area contributed by atoms with Gasteiger partial charge < -0.3 is 10.1 Å². The van der Waals surface area contributed by atoms with Crippen molar-refractivity contribution in [3.63, 3.8) is 0 Å². The molecule has 0 saturated carbocycles. The van der Waals surface area contributed by atoms with Crippen LogP contribution in [0.2, 0.25) is 0 Å². The van der Waals surface area contributed by atoms with E-state index in [9.17, 15) is 18.0 Å². The van der Waals surface area contributed by atoms with E-state index in [1.165, 1.54) is 12.1 Å². The van der Waals surface area contributed by atoms with Crippen LogP contribution in [0.25, 0.3) is 0 Å². The van der Waals surface area contributed by atoms with Crippen LogP contribution in [0.3, 0.4) is 0 Å². The molecule has 2 rings (SSSR count). The molecule has 0 bridgehead atoms. The van der Waals surface area contributed by atoms with Gasteiger partial charge in [-0.05, 0) is 48.9 Å². The number of anilines is 1. The van der Waals surface area contributed by atoms with Crippen LogP contribution in [0.15, 0.2) is 48.8 Å². The number of benzene rings is 1. The summed E-state index contributed by atoms with van der Waals surface area (Å²) in [6.45, 7) is 1.72. The molecule has 0 radical (unpaired) electrons. The molecule has 0 spiro atoms. The van der Waals surface area contributed by atoms with Gasteiger partial charge in [-0.1, -0.05) is 0 Å². The van der Waals surface area contributed by atoms with E-state index in [0.717, 1.165) is 16.1 Å². The van der Waals surface area contributed by atoms with Gasteiger partial charge in [0.25, 0.3) is 0 Å². The number of nitrogens with zero attached hydrogens (tertiary/aromatic N) is 2. The van der Waals surface area contributed by atoms with Gasteiger partial charge in [-0.3, -0.25) is 9.78 Å². The van der Waals surface area contributed by atoms with Gasteiger partial charge in [0.15, 0.2) is 0 Å². The molecule has 0 aliphatic heterocycles. The van der Waals surface area contributed by atoms with Crippen molar-refractivity contribution in [2.75, 3.05) is 24.7 Å². The summed E-state index contributed by atoms with van der Waals surface area (Å²) in [7, 11) is -3.58. The molecule has 0 fully saturated rings. The highest BCUT2D eigenvalue weighted by atomic mass is 32.2. The summed E-state index contributed by atoms with van der Waals surface area (Å²) >= 11 is 0. The molecule has 1 aromatic heterocycles. The first-order valence-corrected chi connectivity index (χ1v) is 10.1. The van der Waals surface area contributed by atoms with Crippen molar-refractivity contribution in [1.29, 1.82) is 0 Å². The summed E-state index contributed by atoms with van der Waals surface area (Å²) in [6, 6.07) is 9.53. The molecule has 0 aliphatic rings. The first-order valence-electron chi connectivity index (χ1n) is 8.20. The van der Waals surface area contributed by atoms with E-state index in [2.05, 4.69) is 10.3 Å². The van der Waals surface area contributed by atoms with Gasteiger partial charge in [-0.25, -0.2) is 13.2 Å². The number of amides is 1. The van der Waals surface area contributed by atoms with E-state index < -0.39 is 21.9 Å². The maximum Gasteiger partial charge on any atom is 0.338 e. The molecule has 1 amide bonds. The van der Waals surface area contributed by atoms with Gasteiger partial charge in [0, 0.05) is 24.6 Å². The molecule has 9 heteroatoms. The quantitative estimate of drug-likeness (QED) is 0.686. The second kappa shape index (κ2) is 9.24. The van der Waals surface area contributed by atoms with Gasteiger partial charge in [0.1, 0.15) is 0 Å². The fourth-order valence-electron chi connectivity index (χ4n) is 2.25. The average molecular weight is 391 g/mol. The van der Waals surface area contributed by atoms with Crippen LogP contribution in [0.1, 0.15) is 22.8 Å². The lowest BCUT2D eigenvalue weighted by Gasteiger charge is -2.19. The highest BCUT2D eigenvalue weighted by Gasteiger charge is 2.20. The van der Waals surface area contributed by atoms with Crippen LogP contribution in [0, 0.1) is 0 Å². The lowest BCUT2D eigenvalue weighted by atomic mass is 10.2. The number of carbonyl (C=O) groups excluding carboxylic acids is 2. The molecule has 0 aliphatic carbocycles. The number of hydrogen-bond acceptors (Lipinski definition) is 6. The van der Waals surface area contributed by atoms with Gasteiger partial charge in [0.2, 0.25) is 15.9 Å². The predicted octanol–water partition coefficient (Wildman–Crippen LogP) is 1.66. The largest absolute Gasteiger partial charge is 0.462 e. The SMILES string of the molecule is CCOC(=O)c1ccc(NC(=O)CN(Cc2ccncc2)S(C)(=O)=O)cc1. The number of esters is 1. The molecule has 27 heavy (non-hydrogen) atoms. The number of nitrogens with one attached hydrogen (secondary N) is 1. The first kappa shape index (κ1) is 20.5. The Morgan fingerprint density at radius 1 is 1.11 bits per heavy atom. The Balaban J connectivity index is 2.02. The molecule has 144 valence electrons. The fraction of sp³-hybridized carbons (Fsp3) is 0.278. The Bertz CT molecular complexity index is 883. The lowest BCUT2D eigenvalue weighted by Crippen LogP contribution is -2.36.